The molecule has 0 radical (unpaired) electrons. The Morgan fingerprint density at radius 3 is 2.72 bits per heavy atom. The van der Waals surface area contributed by atoms with Crippen molar-refractivity contribution in [1.29, 1.82) is 0 Å². The van der Waals surface area contributed by atoms with E-state index in [0.717, 1.165) is 51.3 Å². The fourth-order valence-corrected chi connectivity index (χ4v) is 4.25. The van der Waals surface area contributed by atoms with Crippen molar-refractivity contribution in [2.24, 2.45) is 0 Å². The van der Waals surface area contributed by atoms with Gasteiger partial charge in [0.05, 0.1) is 18.8 Å². The van der Waals surface area contributed by atoms with Crippen molar-refractivity contribution >= 4 is 5.91 Å². The Hall–Kier alpha value is -1.40. The Morgan fingerprint density at radius 2 is 2.04 bits per heavy atom. The molecule has 6 nitrogen and oxygen atoms in total. The van der Waals surface area contributed by atoms with Crippen LogP contribution in [0.15, 0.2) is 12.4 Å². The number of rotatable bonds is 5. The van der Waals surface area contributed by atoms with Crippen LogP contribution in [0.1, 0.15) is 45.4 Å². The van der Waals surface area contributed by atoms with Gasteiger partial charge in [-0.1, -0.05) is 0 Å². The molecular formula is C19H32N4O2. The summed E-state index contributed by atoms with van der Waals surface area (Å²) in [6.07, 6.45) is 8.77. The first-order valence-corrected chi connectivity index (χ1v) is 9.68. The van der Waals surface area contributed by atoms with Crippen LogP contribution in [0.3, 0.4) is 0 Å². The Balaban J connectivity index is 1.56. The van der Waals surface area contributed by atoms with Gasteiger partial charge in [-0.2, -0.15) is 0 Å². The van der Waals surface area contributed by atoms with Crippen LogP contribution in [-0.2, 0) is 16.1 Å². The Labute approximate surface area is 151 Å². The molecule has 6 heteroatoms. The number of imidazole rings is 1. The summed E-state index contributed by atoms with van der Waals surface area (Å²) >= 11 is 0. The molecule has 2 aliphatic rings. The number of aryl methyl sites for hydroxylation is 2. The zero-order chi connectivity index (χ0) is 17.8. The van der Waals surface area contributed by atoms with Crippen LogP contribution in [-0.4, -0.2) is 69.7 Å². The molecule has 1 aromatic heterocycles. The quantitative estimate of drug-likeness (QED) is 0.817. The van der Waals surface area contributed by atoms with Gasteiger partial charge >= 0.3 is 0 Å². The molecule has 2 fully saturated rings. The minimum Gasteiger partial charge on any atom is -0.373 e. The number of likely N-dealkylation sites (tertiary alicyclic amines) is 1. The molecule has 0 N–H and O–H groups in total. The second-order valence-electron chi connectivity index (χ2n) is 7.64. The van der Waals surface area contributed by atoms with E-state index in [1.54, 1.807) is 0 Å². The highest BCUT2D eigenvalue weighted by Gasteiger charge is 2.30. The average Bonchev–Trinajstić information content (AvgIpc) is 2.97. The molecule has 3 rings (SSSR count). The number of carbonyl (C=O) groups excluding carboxylic acids is 1. The largest absolute Gasteiger partial charge is 0.373 e. The average molecular weight is 348 g/mol. The number of amides is 1. The highest BCUT2D eigenvalue weighted by molar-refractivity contribution is 5.78. The molecule has 0 unspecified atom stereocenters. The third-order valence-corrected chi connectivity index (χ3v) is 5.43. The molecule has 0 aromatic carbocycles. The van der Waals surface area contributed by atoms with Crippen molar-refractivity contribution < 1.29 is 9.53 Å². The van der Waals surface area contributed by atoms with Crippen molar-refractivity contribution in [3.05, 3.63) is 18.2 Å². The molecule has 0 spiro atoms. The molecule has 25 heavy (non-hydrogen) atoms. The maximum absolute atomic E-state index is 12.9. The fourth-order valence-electron chi connectivity index (χ4n) is 4.25. The zero-order valence-corrected chi connectivity index (χ0v) is 15.9. The van der Waals surface area contributed by atoms with Crippen LogP contribution in [0.5, 0.6) is 0 Å². The van der Waals surface area contributed by atoms with Gasteiger partial charge in [0.25, 0.3) is 0 Å². The molecule has 3 heterocycles. The molecule has 2 aliphatic heterocycles. The van der Waals surface area contributed by atoms with Gasteiger partial charge in [-0.3, -0.25) is 9.69 Å². The maximum atomic E-state index is 12.9. The highest BCUT2D eigenvalue weighted by Crippen LogP contribution is 2.21. The van der Waals surface area contributed by atoms with Gasteiger partial charge in [-0.15, -0.1) is 0 Å². The van der Waals surface area contributed by atoms with E-state index in [4.69, 9.17) is 4.74 Å². The molecule has 140 valence electrons. The number of morpholine rings is 1. The number of hydrogen-bond donors (Lipinski definition) is 0. The molecular weight excluding hydrogens is 316 g/mol. The predicted molar refractivity (Wildman–Crippen MR) is 97.4 cm³/mol. The first kappa shape index (κ1) is 18.4. The van der Waals surface area contributed by atoms with Crippen LogP contribution in [0, 0.1) is 6.92 Å². The number of aromatic nitrogens is 2. The van der Waals surface area contributed by atoms with Crippen molar-refractivity contribution in [1.82, 2.24) is 19.4 Å². The van der Waals surface area contributed by atoms with Gasteiger partial charge in [0.15, 0.2) is 0 Å². The van der Waals surface area contributed by atoms with Crippen molar-refractivity contribution in [2.75, 3.05) is 26.2 Å². The van der Waals surface area contributed by atoms with E-state index < -0.39 is 0 Å². The lowest BCUT2D eigenvalue weighted by atomic mass is 9.99. The van der Waals surface area contributed by atoms with Crippen LogP contribution in [0.25, 0.3) is 0 Å². The standard InChI is InChI=1S/C19H32N4O2/c1-15-12-21(13-16(2)25-15)14-19(24)23-9-5-4-6-18(23)7-10-22-11-8-20-17(22)3/h8,11,15-16,18H,4-7,9-10,12-14H2,1-3H3/t15-,16+,18-/m0/s1. The van der Waals surface area contributed by atoms with E-state index in [2.05, 4.69) is 33.2 Å². The van der Waals surface area contributed by atoms with Gasteiger partial charge < -0.3 is 14.2 Å². The van der Waals surface area contributed by atoms with Gasteiger partial charge in [0.2, 0.25) is 5.91 Å². The van der Waals surface area contributed by atoms with E-state index in [1.165, 1.54) is 6.42 Å². The van der Waals surface area contributed by atoms with Crippen molar-refractivity contribution in [3.63, 3.8) is 0 Å². The summed E-state index contributed by atoms with van der Waals surface area (Å²) in [5, 5.41) is 0. The Bertz CT molecular complexity index is 564. The normalized spacial score (nSPS) is 28.3. The van der Waals surface area contributed by atoms with Crippen molar-refractivity contribution in [3.8, 4) is 0 Å². The summed E-state index contributed by atoms with van der Waals surface area (Å²) in [6.45, 7) is 10.3. The van der Waals surface area contributed by atoms with E-state index in [0.29, 0.717) is 12.6 Å². The van der Waals surface area contributed by atoms with E-state index in [9.17, 15) is 4.79 Å². The lowest BCUT2D eigenvalue weighted by Crippen LogP contribution is -2.52. The van der Waals surface area contributed by atoms with Crippen LogP contribution in [0.2, 0.25) is 0 Å². The summed E-state index contributed by atoms with van der Waals surface area (Å²) in [6, 6.07) is 0.360. The summed E-state index contributed by atoms with van der Waals surface area (Å²) < 4.78 is 7.96. The number of carbonyl (C=O) groups is 1. The van der Waals surface area contributed by atoms with Gasteiger partial charge in [0.1, 0.15) is 5.82 Å². The van der Waals surface area contributed by atoms with Crippen LogP contribution in [0.4, 0.5) is 0 Å². The summed E-state index contributed by atoms with van der Waals surface area (Å²) in [5.74, 6) is 1.33. The lowest BCUT2D eigenvalue weighted by Gasteiger charge is -2.39. The molecule has 2 saturated heterocycles. The zero-order valence-electron chi connectivity index (χ0n) is 15.9. The van der Waals surface area contributed by atoms with Gasteiger partial charge in [0, 0.05) is 44.6 Å². The van der Waals surface area contributed by atoms with Gasteiger partial charge in [-0.05, 0) is 46.5 Å². The topological polar surface area (TPSA) is 50.6 Å². The molecule has 0 aliphatic carbocycles. The third kappa shape index (κ3) is 4.82. The Morgan fingerprint density at radius 1 is 1.28 bits per heavy atom. The number of piperidine rings is 1. The smallest absolute Gasteiger partial charge is 0.237 e. The summed E-state index contributed by atoms with van der Waals surface area (Å²) in [7, 11) is 0. The SMILES string of the molecule is Cc1nccn1CC[C@@H]1CCCCN1C(=O)CN1C[C@@H](C)O[C@@H](C)C1. The second-order valence-corrected chi connectivity index (χ2v) is 7.64. The highest BCUT2D eigenvalue weighted by atomic mass is 16.5. The minimum atomic E-state index is 0.206. The molecule has 0 bridgehead atoms. The summed E-state index contributed by atoms with van der Waals surface area (Å²) in [5.41, 5.74) is 0. The maximum Gasteiger partial charge on any atom is 0.237 e. The first-order valence-electron chi connectivity index (χ1n) is 9.68. The number of hydrogen-bond acceptors (Lipinski definition) is 4. The number of nitrogens with zero attached hydrogens (tertiary/aromatic N) is 4. The van der Waals surface area contributed by atoms with Crippen molar-refractivity contribution in [2.45, 2.75) is 71.2 Å². The monoisotopic (exact) mass is 348 g/mol. The van der Waals surface area contributed by atoms with E-state index in [-0.39, 0.29) is 18.1 Å². The second kappa shape index (κ2) is 8.32. The summed E-state index contributed by atoms with van der Waals surface area (Å²) in [4.78, 5) is 21.6. The van der Waals surface area contributed by atoms with Crippen LogP contribution >= 0.6 is 0 Å². The predicted octanol–water partition coefficient (Wildman–Crippen LogP) is 2.07. The minimum absolute atomic E-state index is 0.206. The van der Waals surface area contributed by atoms with E-state index in [1.807, 2.05) is 19.3 Å². The lowest BCUT2D eigenvalue weighted by molar-refractivity contribution is -0.139. The Kier molecular flexibility index (Phi) is 6.12. The molecule has 1 aromatic rings. The number of ether oxygens (including phenoxy) is 1. The molecule has 3 atom stereocenters. The molecule has 1 amide bonds. The van der Waals surface area contributed by atoms with Gasteiger partial charge in [-0.25, -0.2) is 4.98 Å². The molecule has 0 saturated carbocycles. The third-order valence-electron chi connectivity index (χ3n) is 5.43. The van der Waals surface area contributed by atoms with E-state index >= 15 is 0 Å². The first-order chi connectivity index (χ1) is 12.0. The fraction of sp³-hybridized carbons (Fsp3) is 0.789. The van der Waals surface area contributed by atoms with Crippen LogP contribution < -0.4 is 0 Å².